The summed E-state index contributed by atoms with van der Waals surface area (Å²) in [5, 5.41) is 0. The Hall–Kier alpha value is -1.30. The minimum atomic E-state index is -0.424. The van der Waals surface area contributed by atoms with Gasteiger partial charge in [0.1, 0.15) is 5.75 Å². The number of nitrogens with zero attached hydrogens (tertiary/aromatic N) is 1. The van der Waals surface area contributed by atoms with Crippen molar-refractivity contribution in [2.75, 3.05) is 33.9 Å². The third-order valence-electron chi connectivity index (χ3n) is 4.34. The van der Waals surface area contributed by atoms with Crippen LogP contribution in [0.25, 0.3) is 0 Å². The normalized spacial score (nSPS) is 16.3. The van der Waals surface area contributed by atoms with Gasteiger partial charge >= 0.3 is 0 Å². The van der Waals surface area contributed by atoms with Gasteiger partial charge in [-0.1, -0.05) is 18.2 Å². The van der Waals surface area contributed by atoms with Gasteiger partial charge in [0.15, 0.2) is 0 Å². The van der Waals surface area contributed by atoms with Crippen LogP contribution in [0.2, 0.25) is 0 Å². The zero-order chi connectivity index (χ0) is 15.9. The number of carbonyl (C=O) groups is 1. The van der Waals surface area contributed by atoms with Crippen molar-refractivity contribution < 1.29 is 14.3 Å². The third kappa shape index (κ3) is 5.37. The van der Waals surface area contributed by atoms with E-state index >= 15 is 0 Å². The summed E-state index contributed by atoms with van der Waals surface area (Å²) in [5.74, 6) is 1.11. The molecule has 1 amide bonds. The summed E-state index contributed by atoms with van der Waals surface area (Å²) in [6.45, 7) is 2.04. The molecular formula is C17H27ClN2O3. The Labute approximate surface area is 144 Å². The average Bonchev–Trinajstić information content (AvgIpc) is 2.59. The van der Waals surface area contributed by atoms with Gasteiger partial charge < -0.3 is 20.1 Å². The number of hydrogen-bond acceptors (Lipinski definition) is 4. The van der Waals surface area contributed by atoms with Crippen LogP contribution in [0.5, 0.6) is 5.75 Å². The van der Waals surface area contributed by atoms with Gasteiger partial charge in [-0.2, -0.15) is 0 Å². The largest absolute Gasteiger partial charge is 0.496 e. The Morgan fingerprint density at radius 3 is 2.70 bits per heavy atom. The topological polar surface area (TPSA) is 64.8 Å². The number of nitrogens with two attached hydrogens (primary N) is 1. The van der Waals surface area contributed by atoms with E-state index in [2.05, 4.69) is 0 Å². The van der Waals surface area contributed by atoms with Gasteiger partial charge in [0.05, 0.1) is 13.2 Å². The number of ether oxygens (including phenoxy) is 2. The molecule has 0 aromatic heterocycles. The van der Waals surface area contributed by atoms with Crippen LogP contribution in [-0.2, 0) is 16.0 Å². The molecule has 1 aromatic carbocycles. The quantitative estimate of drug-likeness (QED) is 0.857. The van der Waals surface area contributed by atoms with E-state index < -0.39 is 6.04 Å². The minimum absolute atomic E-state index is 0. The van der Waals surface area contributed by atoms with Crippen molar-refractivity contribution in [2.24, 2.45) is 11.7 Å². The summed E-state index contributed by atoms with van der Waals surface area (Å²) < 4.78 is 10.7. The van der Waals surface area contributed by atoms with E-state index in [1.165, 1.54) is 0 Å². The highest BCUT2D eigenvalue weighted by Crippen LogP contribution is 2.20. The molecule has 0 radical (unpaired) electrons. The Kier molecular flexibility index (Phi) is 8.37. The number of hydrogen-bond donors (Lipinski definition) is 1. The molecule has 0 aliphatic carbocycles. The van der Waals surface area contributed by atoms with Crippen molar-refractivity contribution in [3.63, 3.8) is 0 Å². The molecule has 23 heavy (non-hydrogen) atoms. The van der Waals surface area contributed by atoms with Crippen molar-refractivity contribution in [1.82, 2.24) is 4.90 Å². The zero-order valence-electron chi connectivity index (χ0n) is 13.9. The van der Waals surface area contributed by atoms with Gasteiger partial charge in [-0.25, -0.2) is 0 Å². The molecule has 5 nitrogen and oxygen atoms in total. The van der Waals surface area contributed by atoms with E-state index in [-0.39, 0.29) is 24.2 Å². The van der Waals surface area contributed by atoms with Gasteiger partial charge in [-0.3, -0.25) is 4.79 Å². The predicted octanol–water partition coefficient (Wildman–Crippen LogP) is 1.87. The molecule has 6 heteroatoms. The molecule has 1 saturated heterocycles. The summed E-state index contributed by atoms with van der Waals surface area (Å²) in [4.78, 5) is 14.2. The monoisotopic (exact) mass is 342 g/mol. The number of amides is 1. The van der Waals surface area contributed by atoms with Gasteiger partial charge in [-0.15, -0.1) is 12.4 Å². The highest BCUT2D eigenvalue weighted by Gasteiger charge is 2.28. The molecule has 130 valence electrons. The number of rotatable bonds is 6. The van der Waals surface area contributed by atoms with Gasteiger partial charge in [0, 0.05) is 26.8 Å². The van der Waals surface area contributed by atoms with Crippen LogP contribution in [0, 0.1) is 5.92 Å². The predicted molar refractivity (Wildman–Crippen MR) is 93.1 cm³/mol. The van der Waals surface area contributed by atoms with Crippen molar-refractivity contribution in [3.05, 3.63) is 29.8 Å². The number of para-hydroxylation sites is 1. The molecule has 2 N–H and O–H groups in total. The van der Waals surface area contributed by atoms with Crippen LogP contribution in [0.3, 0.4) is 0 Å². The summed E-state index contributed by atoms with van der Waals surface area (Å²) in [6, 6.07) is 7.46. The molecule has 1 aromatic rings. The lowest BCUT2D eigenvalue weighted by Gasteiger charge is -2.30. The van der Waals surface area contributed by atoms with E-state index in [9.17, 15) is 4.79 Å². The second-order valence-electron chi connectivity index (χ2n) is 5.80. The lowest BCUT2D eigenvalue weighted by molar-refractivity contribution is -0.133. The number of carbonyl (C=O) groups excluding carboxylic acids is 1. The first-order valence-electron chi connectivity index (χ1n) is 7.83. The number of methoxy groups -OCH3 is 1. The standard InChI is InChI=1S/C17H26N2O3.ClH/c1-19(10-7-13-5-3-4-6-15(13)21-2)17(20)16(18)14-8-11-22-12-9-14;/h3-6,14,16H,7-12,18H2,1-2H3;1H. The van der Waals surface area contributed by atoms with Crippen molar-refractivity contribution in [3.8, 4) is 5.75 Å². The average molecular weight is 343 g/mol. The Balaban J connectivity index is 0.00000264. The number of benzene rings is 1. The Morgan fingerprint density at radius 1 is 1.39 bits per heavy atom. The lowest BCUT2D eigenvalue weighted by atomic mass is 9.91. The molecule has 0 spiro atoms. The van der Waals surface area contributed by atoms with Crippen LogP contribution >= 0.6 is 12.4 Å². The maximum atomic E-state index is 12.4. The fourth-order valence-corrected chi connectivity index (χ4v) is 2.84. The molecule has 1 aliphatic heterocycles. The van der Waals surface area contributed by atoms with E-state index in [0.29, 0.717) is 19.8 Å². The number of likely N-dealkylation sites (N-methyl/N-ethyl adjacent to an activating group) is 1. The molecular weight excluding hydrogens is 316 g/mol. The van der Waals surface area contributed by atoms with Crippen LogP contribution in [0.15, 0.2) is 24.3 Å². The molecule has 2 rings (SSSR count). The number of halogens is 1. The van der Waals surface area contributed by atoms with Crippen molar-refractivity contribution in [2.45, 2.75) is 25.3 Å². The molecule has 1 heterocycles. The van der Waals surface area contributed by atoms with E-state index in [1.807, 2.05) is 31.3 Å². The summed E-state index contributed by atoms with van der Waals surface area (Å²) in [6.07, 6.45) is 2.49. The van der Waals surface area contributed by atoms with Crippen LogP contribution in [0.4, 0.5) is 0 Å². The van der Waals surface area contributed by atoms with E-state index in [4.69, 9.17) is 15.2 Å². The third-order valence-corrected chi connectivity index (χ3v) is 4.34. The second kappa shape index (κ2) is 9.75. The highest BCUT2D eigenvalue weighted by atomic mass is 35.5. The molecule has 0 bridgehead atoms. The first kappa shape index (κ1) is 19.7. The molecule has 1 fully saturated rings. The van der Waals surface area contributed by atoms with Crippen LogP contribution < -0.4 is 10.5 Å². The van der Waals surface area contributed by atoms with Gasteiger partial charge in [0.25, 0.3) is 0 Å². The SMILES string of the molecule is COc1ccccc1CCN(C)C(=O)C(N)C1CCOCC1.Cl. The highest BCUT2D eigenvalue weighted by molar-refractivity contribution is 5.85. The van der Waals surface area contributed by atoms with Gasteiger partial charge in [0.2, 0.25) is 5.91 Å². The molecule has 1 atom stereocenters. The van der Waals surface area contributed by atoms with E-state index in [1.54, 1.807) is 12.0 Å². The Morgan fingerprint density at radius 2 is 2.04 bits per heavy atom. The van der Waals surface area contributed by atoms with E-state index in [0.717, 1.165) is 30.6 Å². The van der Waals surface area contributed by atoms with Crippen molar-refractivity contribution in [1.29, 1.82) is 0 Å². The Bertz CT molecular complexity index is 492. The lowest BCUT2D eigenvalue weighted by Crippen LogP contribution is -2.48. The van der Waals surface area contributed by atoms with Crippen molar-refractivity contribution >= 4 is 18.3 Å². The summed E-state index contributed by atoms with van der Waals surface area (Å²) >= 11 is 0. The summed E-state index contributed by atoms with van der Waals surface area (Å²) in [5.41, 5.74) is 7.25. The zero-order valence-corrected chi connectivity index (χ0v) is 14.7. The maximum absolute atomic E-state index is 12.4. The maximum Gasteiger partial charge on any atom is 0.239 e. The van der Waals surface area contributed by atoms with Crippen LogP contribution in [-0.4, -0.2) is 50.8 Å². The smallest absolute Gasteiger partial charge is 0.239 e. The molecule has 0 saturated carbocycles. The second-order valence-corrected chi connectivity index (χ2v) is 5.80. The molecule has 1 aliphatic rings. The first-order chi connectivity index (χ1) is 10.6. The minimum Gasteiger partial charge on any atom is -0.496 e. The molecule has 1 unspecified atom stereocenters. The van der Waals surface area contributed by atoms with Gasteiger partial charge in [-0.05, 0) is 36.8 Å². The fourth-order valence-electron chi connectivity index (χ4n) is 2.84. The van der Waals surface area contributed by atoms with Crippen LogP contribution in [0.1, 0.15) is 18.4 Å². The first-order valence-corrected chi connectivity index (χ1v) is 7.83. The summed E-state index contributed by atoms with van der Waals surface area (Å²) in [7, 11) is 3.48. The fraction of sp³-hybridized carbons (Fsp3) is 0.588.